The molecule has 19 heavy (non-hydrogen) atoms. The van der Waals surface area contributed by atoms with E-state index < -0.39 is 11.9 Å². The molecule has 1 saturated carbocycles. The van der Waals surface area contributed by atoms with Crippen molar-refractivity contribution >= 4 is 23.6 Å². The minimum Gasteiger partial charge on any atom is -0.481 e. The number of thioether (sulfide) groups is 1. The Kier molecular flexibility index (Phi) is 4.76. The molecule has 2 fully saturated rings. The lowest BCUT2D eigenvalue weighted by Gasteiger charge is -2.41. The lowest BCUT2D eigenvalue weighted by Crippen LogP contribution is -2.52. The summed E-state index contributed by atoms with van der Waals surface area (Å²) >= 11 is 1.89. The van der Waals surface area contributed by atoms with Gasteiger partial charge in [-0.3, -0.25) is 9.59 Å². The predicted octanol–water partition coefficient (Wildman–Crippen LogP) is 2.23. The smallest absolute Gasteiger partial charge is 0.307 e. The predicted molar refractivity (Wildman–Crippen MR) is 76.2 cm³/mol. The van der Waals surface area contributed by atoms with Gasteiger partial charge in [-0.25, -0.2) is 0 Å². The summed E-state index contributed by atoms with van der Waals surface area (Å²) < 4.78 is 0. The summed E-state index contributed by atoms with van der Waals surface area (Å²) in [7, 11) is 0. The van der Waals surface area contributed by atoms with E-state index in [1.54, 1.807) is 0 Å². The third kappa shape index (κ3) is 3.07. The van der Waals surface area contributed by atoms with Gasteiger partial charge in [0.05, 0.1) is 11.8 Å². The van der Waals surface area contributed by atoms with Crippen LogP contribution >= 0.6 is 11.8 Å². The Hall–Kier alpha value is -0.710. The summed E-state index contributed by atoms with van der Waals surface area (Å²) in [6.45, 7) is 4.98. The van der Waals surface area contributed by atoms with Crippen LogP contribution in [0.3, 0.4) is 0 Å². The second-order valence-corrected chi connectivity index (χ2v) is 7.17. The van der Waals surface area contributed by atoms with Crippen LogP contribution in [0.25, 0.3) is 0 Å². The summed E-state index contributed by atoms with van der Waals surface area (Å²) in [6.07, 6.45) is 3.30. The number of carboxylic acids is 1. The molecule has 0 aromatic carbocycles. The van der Waals surface area contributed by atoms with Gasteiger partial charge < -0.3 is 10.0 Å². The van der Waals surface area contributed by atoms with Crippen molar-refractivity contribution in [3.63, 3.8) is 0 Å². The zero-order valence-electron chi connectivity index (χ0n) is 11.7. The van der Waals surface area contributed by atoms with Gasteiger partial charge >= 0.3 is 5.97 Å². The van der Waals surface area contributed by atoms with Crippen LogP contribution in [0.4, 0.5) is 0 Å². The minimum atomic E-state index is -0.801. The Balaban J connectivity index is 2.10. The molecule has 4 unspecified atom stereocenters. The maximum absolute atomic E-state index is 12.7. The standard InChI is InChI=1S/C14H23NO3S/c1-9-10(2)19-8-7-15(9)13(16)11-5-3-4-6-12(11)14(17)18/h9-12H,3-8H2,1-2H3,(H,17,18). The highest BCUT2D eigenvalue weighted by molar-refractivity contribution is 8.00. The number of nitrogens with zero attached hydrogens (tertiary/aromatic N) is 1. The number of rotatable bonds is 2. The molecule has 1 amide bonds. The number of carbonyl (C=O) groups excluding carboxylic acids is 1. The van der Waals surface area contributed by atoms with Crippen molar-refractivity contribution in [2.24, 2.45) is 11.8 Å². The molecule has 0 aromatic heterocycles. The van der Waals surface area contributed by atoms with Gasteiger partial charge in [0.1, 0.15) is 0 Å². The normalized spacial score (nSPS) is 36.0. The lowest BCUT2D eigenvalue weighted by atomic mass is 9.78. The van der Waals surface area contributed by atoms with E-state index in [4.69, 9.17) is 0 Å². The molecule has 4 nitrogen and oxygen atoms in total. The Morgan fingerprint density at radius 3 is 2.42 bits per heavy atom. The number of hydrogen-bond acceptors (Lipinski definition) is 3. The zero-order valence-corrected chi connectivity index (χ0v) is 12.5. The van der Waals surface area contributed by atoms with Crippen LogP contribution in [0.15, 0.2) is 0 Å². The average Bonchev–Trinajstić information content (AvgIpc) is 2.41. The first kappa shape index (κ1) is 14.7. The molecule has 0 spiro atoms. The quantitative estimate of drug-likeness (QED) is 0.845. The third-order valence-electron chi connectivity index (χ3n) is 4.57. The summed E-state index contributed by atoms with van der Waals surface area (Å²) in [4.78, 5) is 25.9. The van der Waals surface area contributed by atoms with Gasteiger partial charge in [-0.15, -0.1) is 0 Å². The second-order valence-electron chi connectivity index (χ2n) is 5.68. The largest absolute Gasteiger partial charge is 0.481 e. The Morgan fingerprint density at radius 1 is 1.16 bits per heavy atom. The molecule has 1 aliphatic heterocycles. The van der Waals surface area contributed by atoms with Crippen LogP contribution in [-0.4, -0.2) is 45.5 Å². The van der Waals surface area contributed by atoms with Crippen LogP contribution < -0.4 is 0 Å². The van der Waals surface area contributed by atoms with Crippen molar-refractivity contribution in [2.75, 3.05) is 12.3 Å². The van der Waals surface area contributed by atoms with Crippen LogP contribution in [0.1, 0.15) is 39.5 Å². The molecule has 1 aliphatic carbocycles. The van der Waals surface area contributed by atoms with Crippen molar-refractivity contribution in [2.45, 2.75) is 50.8 Å². The maximum Gasteiger partial charge on any atom is 0.307 e. The fourth-order valence-electron chi connectivity index (χ4n) is 3.18. The first-order chi connectivity index (χ1) is 9.02. The summed E-state index contributed by atoms with van der Waals surface area (Å²) in [6, 6.07) is 0.211. The van der Waals surface area contributed by atoms with Crippen molar-refractivity contribution in [1.29, 1.82) is 0 Å². The molecule has 5 heteroatoms. The van der Waals surface area contributed by atoms with Gasteiger partial charge in [-0.1, -0.05) is 19.8 Å². The SMILES string of the molecule is CC1SCCN(C(=O)C2CCCCC2C(=O)O)C1C. The monoisotopic (exact) mass is 285 g/mol. The van der Waals surface area contributed by atoms with E-state index in [1.807, 2.05) is 16.7 Å². The topological polar surface area (TPSA) is 57.6 Å². The van der Waals surface area contributed by atoms with Gasteiger partial charge in [-0.2, -0.15) is 11.8 Å². The zero-order chi connectivity index (χ0) is 14.0. The molecular formula is C14H23NO3S. The first-order valence-electron chi connectivity index (χ1n) is 7.17. The van der Waals surface area contributed by atoms with E-state index in [9.17, 15) is 14.7 Å². The maximum atomic E-state index is 12.7. The van der Waals surface area contributed by atoms with E-state index in [0.29, 0.717) is 11.7 Å². The fourth-order valence-corrected chi connectivity index (χ4v) is 4.28. The molecule has 108 valence electrons. The minimum absolute atomic E-state index is 0.0757. The second kappa shape index (κ2) is 6.16. The molecule has 1 N–H and O–H groups in total. The van der Waals surface area contributed by atoms with Crippen molar-refractivity contribution in [1.82, 2.24) is 4.90 Å². The van der Waals surface area contributed by atoms with E-state index >= 15 is 0 Å². The summed E-state index contributed by atoms with van der Waals surface area (Å²) in [5.74, 6) is -0.541. The third-order valence-corrected chi connectivity index (χ3v) is 5.91. The van der Waals surface area contributed by atoms with Gasteiger partial charge in [0, 0.05) is 23.6 Å². The highest BCUT2D eigenvalue weighted by Gasteiger charge is 2.40. The molecule has 2 rings (SSSR count). The van der Waals surface area contributed by atoms with Crippen LogP contribution in [0, 0.1) is 11.8 Å². The van der Waals surface area contributed by atoms with Gasteiger partial charge in [-0.05, 0) is 19.8 Å². The van der Waals surface area contributed by atoms with Crippen molar-refractivity contribution in [3.05, 3.63) is 0 Å². The molecule has 0 bridgehead atoms. The van der Waals surface area contributed by atoms with Gasteiger partial charge in [0.15, 0.2) is 0 Å². The van der Waals surface area contributed by atoms with E-state index in [0.717, 1.165) is 31.6 Å². The Labute approximate surface area is 118 Å². The summed E-state index contributed by atoms with van der Waals surface area (Å²) in [5, 5.41) is 9.73. The molecule has 0 aromatic rings. The molecule has 0 radical (unpaired) electrons. The first-order valence-corrected chi connectivity index (χ1v) is 8.22. The highest BCUT2D eigenvalue weighted by atomic mass is 32.2. The van der Waals surface area contributed by atoms with Crippen molar-refractivity contribution in [3.8, 4) is 0 Å². The Morgan fingerprint density at radius 2 is 1.79 bits per heavy atom. The average molecular weight is 285 g/mol. The highest BCUT2D eigenvalue weighted by Crippen LogP contribution is 2.34. The van der Waals surface area contributed by atoms with E-state index in [-0.39, 0.29) is 17.9 Å². The number of hydrogen-bond donors (Lipinski definition) is 1. The number of carboxylic acid groups (broad SMARTS) is 1. The van der Waals surface area contributed by atoms with E-state index in [2.05, 4.69) is 13.8 Å². The number of carbonyl (C=O) groups is 2. The molecule has 1 saturated heterocycles. The molecule has 1 heterocycles. The fraction of sp³-hybridized carbons (Fsp3) is 0.857. The Bertz CT molecular complexity index is 361. The molecule has 4 atom stereocenters. The number of amides is 1. The lowest BCUT2D eigenvalue weighted by molar-refractivity contribution is -0.153. The van der Waals surface area contributed by atoms with Crippen LogP contribution in [-0.2, 0) is 9.59 Å². The molecule has 2 aliphatic rings. The number of aliphatic carboxylic acids is 1. The van der Waals surface area contributed by atoms with Crippen molar-refractivity contribution < 1.29 is 14.7 Å². The van der Waals surface area contributed by atoms with E-state index in [1.165, 1.54) is 0 Å². The van der Waals surface area contributed by atoms with Gasteiger partial charge in [0.2, 0.25) is 5.91 Å². The molecular weight excluding hydrogens is 262 g/mol. The van der Waals surface area contributed by atoms with Crippen LogP contribution in [0.5, 0.6) is 0 Å². The summed E-state index contributed by atoms with van der Waals surface area (Å²) in [5.41, 5.74) is 0. The van der Waals surface area contributed by atoms with Gasteiger partial charge in [0.25, 0.3) is 0 Å². The van der Waals surface area contributed by atoms with Crippen LogP contribution in [0.2, 0.25) is 0 Å².